The number of carbonyl (C=O) groups excluding carboxylic acids is 2. The number of carbonyl (C=O) groups is 2. The minimum absolute atomic E-state index is 0.00624. The number of aryl methyl sites for hydroxylation is 2. The smallest absolute Gasteiger partial charge is 0.230 e. The molecule has 0 unspecified atom stereocenters. The summed E-state index contributed by atoms with van der Waals surface area (Å²) in [7, 11) is 1.73. The Morgan fingerprint density at radius 2 is 2.13 bits per heavy atom. The van der Waals surface area contributed by atoms with E-state index in [0.717, 1.165) is 5.56 Å². The van der Waals surface area contributed by atoms with Crippen molar-refractivity contribution in [2.45, 2.75) is 38.6 Å². The number of hydrogen-bond donors (Lipinski definition) is 0. The highest BCUT2D eigenvalue weighted by Crippen LogP contribution is 2.52. The molecule has 5 rings (SSSR count). The van der Waals surface area contributed by atoms with Crippen molar-refractivity contribution in [1.29, 1.82) is 0 Å². The van der Waals surface area contributed by atoms with E-state index in [4.69, 9.17) is 9.26 Å². The molecule has 1 aromatic carbocycles. The molecule has 7 nitrogen and oxygen atoms in total. The Morgan fingerprint density at radius 1 is 1.30 bits per heavy atom. The Bertz CT molecular complexity index is 1030. The first-order valence-electron chi connectivity index (χ1n) is 10.2. The quantitative estimate of drug-likeness (QED) is 0.711. The van der Waals surface area contributed by atoms with Crippen LogP contribution in [0.1, 0.15) is 22.4 Å². The summed E-state index contributed by atoms with van der Waals surface area (Å²) in [6.45, 7) is 5.49. The van der Waals surface area contributed by atoms with Crippen LogP contribution in [0.25, 0.3) is 0 Å². The van der Waals surface area contributed by atoms with Gasteiger partial charge in [-0.1, -0.05) is 35.5 Å². The zero-order valence-electron chi connectivity index (χ0n) is 17.4. The van der Waals surface area contributed by atoms with Gasteiger partial charge in [0.05, 0.1) is 31.0 Å². The summed E-state index contributed by atoms with van der Waals surface area (Å²) >= 11 is 0. The second-order valence-electron chi connectivity index (χ2n) is 8.70. The van der Waals surface area contributed by atoms with Crippen molar-refractivity contribution in [3.8, 4) is 0 Å². The van der Waals surface area contributed by atoms with Crippen LogP contribution in [0.15, 0.2) is 47.2 Å². The molecule has 4 atom stereocenters. The summed E-state index contributed by atoms with van der Waals surface area (Å²) in [5.74, 6) is -1.09. The fourth-order valence-corrected chi connectivity index (χ4v) is 5.01. The Kier molecular flexibility index (Phi) is 4.32. The van der Waals surface area contributed by atoms with Gasteiger partial charge < -0.3 is 19.1 Å². The third-order valence-electron chi connectivity index (χ3n) is 6.68. The highest BCUT2D eigenvalue weighted by molar-refractivity contribution is 5.93. The minimum atomic E-state index is -0.698. The number of fused-ring (bicyclic) bond motifs is 1. The van der Waals surface area contributed by atoms with Gasteiger partial charge in [0, 0.05) is 19.7 Å². The lowest BCUT2D eigenvalue weighted by Crippen LogP contribution is -2.44. The zero-order valence-corrected chi connectivity index (χ0v) is 17.4. The van der Waals surface area contributed by atoms with Gasteiger partial charge in [-0.3, -0.25) is 9.59 Å². The third-order valence-corrected chi connectivity index (χ3v) is 6.68. The van der Waals surface area contributed by atoms with E-state index in [1.54, 1.807) is 18.0 Å². The largest absolute Gasteiger partial charge is 0.364 e. The van der Waals surface area contributed by atoms with Crippen molar-refractivity contribution in [2.24, 2.45) is 11.8 Å². The molecule has 30 heavy (non-hydrogen) atoms. The summed E-state index contributed by atoms with van der Waals surface area (Å²) in [4.78, 5) is 30.1. The van der Waals surface area contributed by atoms with Crippen LogP contribution in [0.4, 0.5) is 0 Å². The van der Waals surface area contributed by atoms with Gasteiger partial charge >= 0.3 is 0 Å². The number of rotatable bonds is 5. The van der Waals surface area contributed by atoms with Crippen LogP contribution < -0.4 is 0 Å². The van der Waals surface area contributed by atoms with Crippen molar-refractivity contribution in [2.75, 3.05) is 13.6 Å². The summed E-state index contributed by atoms with van der Waals surface area (Å²) in [5.41, 5.74) is 3.50. The first-order chi connectivity index (χ1) is 14.4. The van der Waals surface area contributed by atoms with Crippen LogP contribution in [0.3, 0.4) is 0 Å². The van der Waals surface area contributed by atoms with Gasteiger partial charge in [0.1, 0.15) is 17.6 Å². The molecule has 1 aromatic heterocycles. The van der Waals surface area contributed by atoms with Crippen molar-refractivity contribution < 1.29 is 18.8 Å². The van der Waals surface area contributed by atoms with E-state index in [9.17, 15) is 9.59 Å². The first kappa shape index (κ1) is 19.1. The van der Waals surface area contributed by atoms with E-state index in [1.807, 2.05) is 17.1 Å². The summed E-state index contributed by atoms with van der Waals surface area (Å²) in [6.07, 6.45) is 5.06. The Balaban J connectivity index is 1.36. The van der Waals surface area contributed by atoms with Gasteiger partial charge in [-0.25, -0.2) is 0 Å². The predicted octanol–water partition coefficient (Wildman–Crippen LogP) is 2.23. The monoisotopic (exact) mass is 407 g/mol. The van der Waals surface area contributed by atoms with E-state index in [0.29, 0.717) is 25.3 Å². The van der Waals surface area contributed by atoms with Crippen LogP contribution in [0, 0.1) is 25.7 Å². The first-order valence-corrected chi connectivity index (χ1v) is 10.2. The Hall–Kier alpha value is -2.93. The molecule has 3 aliphatic heterocycles. The Labute approximate surface area is 175 Å². The van der Waals surface area contributed by atoms with Gasteiger partial charge in [0.25, 0.3) is 0 Å². The molecule has 3 aliphatic rings. The van der Waals surface area contributed by atoms with Crippen molar-refractivity contribution in [3.63, 3.8) is 0 Å². The number of hydrogen-bond acceptors (Lipinski definition) is 5. The number of amides is 2. The molecule has 0 N–H and O–H groups in total. The molecule has 2 saturated heterocycles. The second kappa shape index (κ2) is 6.80. The second-order valence-corrected chi connectivity index (χ2v) is 8.70. The maximum Gasteiger partial charge on any atom is 0.230 e. The van der Waals surface area contributed by atoms with Crippen LogP contribution >= 0.6 is 0 Å². The summed E-state index contributed by atoms with van der Waals surface area (Å²) in [6, 6.07) is 7.99. The third kappa shape index (κ3) is 2.88. The van der Waals surface area contributed by atoms with E-state index in [1.165, 1.54) is 17.4 Å². The van der Waals surface area contributed by atoms with E-state index in [2.05, 4.69) is 37.2 Å². The lowest BCUT2D eigenvalue weighted by atomic mass is 9.76. The van der Waals surface area contributed by atoms with Gasteiger partial charge in [0.15, 0.2) is 0 Å². The van der Waals surface area contributed by atoms with Crippen molar-refractivity contribution >= 4 is 11.8 Å². The number of ether oxygens (including phenoxy) is 1. The van der Waals surface area contributed by atoms with Gasteiger partial charge in [-0.15, -0.1) is 0 Å². The number of benzene rings is 1. The van der Waals surface area contributed by atoms with Crippen molar-refractivity contribution in [1.82, 2.24) is 15.0 Å². The highest BCUT2D eigenvalue weighted by Gasteiger charge is 2.67. The fourth-order valence-electron chi connectivity index (χ4n) is 5.01. The Morgan fingerprint density at radius 3 is 2.87 bits per heavy atom. The van der Waals surface area contributed by atoms with Gasteiger partial charge in [-0.2, -0.15) is 0 Å². The molecule has 4 heterocycles. The van der Waals surface area contributed by atoms with E-state index in [-0.39, 0.29) is 17.9 Å². The number of likely N-dealkylation sites (tertiary alicyclic amines) is 1. The van der Waals surface area contributed by atoms with Gasteiger partial charge in [0.2, 0.25) is 11.8 Å². The minimum Gasteiger partial charge on any atom is -0.364 e. The molecule has 0 radical (unpaired) electrons. The standard InChI is InChI=1S/C23H25N3O4/c1-14-4-5-16(10-15(14)2)11-26-13-23-8-6-18(30-23)19(20(23)22(26)28)21(27)25(3)12-17-7-9-29-24-17/h4-10,18-20H,11-13H2,1-3H3/t18-,19+,20-,23-/m0/s1. The average molecular weight is 407 g/mol. The molecule has 1 spiro atoms. The molecule has 7 heteroatoms. The molecular weight excluding hydrogens is 382 g/mol. The molecule has 2 bridgehead atoms. The van der Waals surface area contributed by atoms with Crippen LogP contribution in [-0.4, -0.2) is 52.1 Å². The maximum atomic E-state index is 13.4. The van der Waals surface area contributed by atoms with E-state index >= 15 is 0 Å². The van der Waals surface area contributed by atoms with Crippen molar-refractivity contribution in [3.05, 3.63) is 65.1 Å². The molecule has 0 aliphatic carbocycles. The summed E-state index contributed by atoms with van der Waals surface area (Å²) < 4.78 is 11.1. The maximum absolute atomic E-state index is 13.4. The number of aromatic nitrogens is 1. The molecule has 2 amide bonds. The average Bonchev–Trinajstić information content (AvgIpc) is 3.47. The molecule has 0 saturated carbocycles. The topological polar surface area (TPSA) is 75.9 Å². The fraction of sp³-hybridized carbons (Fsp3) is 0.435. The predicted molar refractivity (Wildman–Crippen MR) is 108 cm³/mol. The van der Waals surface area contributed by atoms with Crippen LogP contribution in [0.2, 0.25) is 0 Å². The van der Waals surface area contributed by atoms with E-state index < -0.39 is 17.4 Å². The van der Waals surface area contributed by atoms with Crippen LogP contribution in [-0.2, 0) is 27.4 Å². The van der Waals surface area contributed by atoms with Crippen LogP contribution in [0.5, 0.6) is 0 Å². The zero-order chi connectivity index (χ0) is 21.0. The molecule has 2 fully saturated rings. The molecule has 2 aromatic rings. The lowest BCUT2D eigenvalue weighted by Gasteiger charge is -2.27. The SMILES string of the molecule is Cc1ccc(CN2C[C@]34C=C[C@H](O3)[C@@H](C(=O)N(C)Cc3ccon3)[C@H]4C2=O)cc1C. The highest BCUT2D eigenvalue weighted by atomic mass is 16.5. The normalized spacial score (nSPS) is 29.0. The lowest BCUT2D eigenvalue weighted by molar-refractivity contribution is -0.143. The summed E-state index contributed by atoms with van der Waals surface area (Å²) in [5, 5.41) is 3.88. The molecule has 156 valence electrons. The molecular formula is C23H25N3O4. The number of nitrogens with zero attached hydrogens (tertiary/aromatic N) is 3. The van der Waals surface area contributed by atoms with Gasteiger partial charge in [-0.05, 0) is 30.5 Å².